The molecule has 26 heavy (non-hydrogen) atoms. The summed E-state index contributed by atoms with van der Waals surface area (Å²) in [7, 11) is 0. The molecule has 136 valence electrons. The molecule has 1 aliphatic heterocycles. The van der Waals surface area contributed by atoms with Crippen molar-refractivity contribution in [1.82, 2.24) is 9.47 Å². The third-order valence-corrected chi connectivity index (χ3v) is 5.40. The van der Waals surface area contributed by atoms with Gasteiger partial charge in [-0.05, 0) is 55.0 Å². The van der Waals surface area contributed by atoms with Crippen molar-refractivity contribution >= 4 is 5.91 Å². The highest BCUT2D eigenvalue weighted by Crippen LogP contribution is 2.27. The van der Waals surface area contributed by atoms with E-state index in [4.69, 9.17) is 0 Å². The Labute approximate surface area is 150 Å². The highest BCUT2D eigenvalue weighted by atomic mass is 19.1. The molecule has 0 unspecified atom stereocenters. The van der Waals surface area contributed by atoms with Gasteiger partial charge in [0.25, 0.3) is 11.5 Å². The van der Waals surface area contributed by atoms with E-state index in [2.05, 4.69) is 6.07 Å². The van der Waals surface area contributed by atoms with E-state index in [0.29, 0.717) is 5.56 Å². The van der Waals surface area contributed by atoms with Crippen molar-refractivity contribution in [2.45, 2.75) is 38.5 Å². The normalized spacial score (nSPS) is 21.9. The van der Waals surface area contributed by atoms with Gasteiger partial charge in [-0.2, -0.15) is 0 Å². The average molecular weight is 356 g/mol. The third kappa shape index (κ3) is 2.65. The van der Waals surface area contributed by atoms with Crippen molar-refractivity contribution in [2.75, 3.05) is 13.1 Å². The monoisotopic (exact) mass is 356 g/mol. The predicted octanol–water partition coefficient (Wildman–Crippen LogP) is 1.79. The molecule has 4 rings (SSSR count). The molecular formula is C20H21FN2O3. The number of aliphatic hydroxyl groups is 1. The largest absolute Gasteiger partial charge is 0.388 e. The smallest absolute Gasteiger partial charge is 0.268 e. The van der Waals surface area contributed by atoms with Gasteiger partial charge in [-0.1, -0.05) is 12.1 Å². The minimum atomic E-state index is -1.47. The average Bonchev–Trinajstić information content (AvgIpc) is 3.22. The lowest BCUT2D eigenvalue weighted by atomic mass is 10.1. The fraction of sp³-hybridized carbons (Fsp3) is 0.400. The van der Waals surface area contributed by atoms with Crippen LogP contribution in [0.4, 0.5) is 4.39 Å². The Morgan fingerprint density at radius 3 is 2.77 bits per heavy atom. The Balaban J connectivity index is 1.79. The molecule has 1 saturated heterocycles. The van der Waals surface area contributed by atoms with Crippen LogP contribution in [0.3, 0.4) is 0 Å². The fourth-order valence-corrected chi connectivity index (χ4v) is 3.97. The van der Waals surface area contributed by atoms with Crippen LogP contribution >= 0.6 is 0 Å². The summed E-state index contributed by atoms with van der Waals surface area (Å²) in [6.07, 6.45) is 2.00. The standard InChI is InChI=1S/C20H21FN2O3/c1-12-8-9-23(16-7-3-5-13-4-2-6-14(13)16)20(26)18(12)19(25)22-10-15(21)17(24)11-22/h3,5,7-9,15,17,24H,2,4,6,10-11H2,1H3/t15-,17-/m1/s1. The highest BCUT2D eigenvalue weighted by molar-refractivity contribution is 5.95. The minimum Gasteiger partial charge on any atom is -0.388 e. The number of aryl methyl sites for hydroxylation is 2. The van der Waals surface area contributed by atoms with Crippen LogP contribution < -0.4 is 5.56 Å². The summed E-state index contributed by atoms with van der Waals surface area (Å²) in [6, 6.07) is 7.64. The number of rotatable bonds is 2. The first-order valence-corrected chi connectivity index (χ1v) is 8.92. The van der Waals surface area contributed by atoms with Gasteiger partial charge < -0.3 is 10.0 Å². The summed E-state index contributed by atoms with van der Waals surface area (Å²) >= 11 is 0. The van der Waals surface area contributed by atoms with Crippen LogP contribution in [0.25, 0.3) is 5.69 Å². The molecule has 0 spiro atoms. The van der Waals surface area contributed by atoms with Crippen LogP contribution in [0.2, 0.25) is 0 Å². The van der Waals surface area contributed by atoms with Crippen molar-refractivity contribution in [3.63, 3.8) is 0 Å². The van der Waals surface area contributed by atoms with Gasteiger partial charge in [0.15, 0.2) is 0 Å². The maximum absolute atomic E-state index is 13.6. The Bertz CT molecular complexity index is 927. The van der Waals surface area contributed by atoms with Gasteiger partial charge in [-0.3, -0.25) is 14.2 Å². The van der Waals surface area contributed by atoms with E-state index in [0.717, 1.165) is 30.5 Å². The number of hydrogen-bond donors (Lipinski definition) is 1. The number of aliphatic hydroxyl groups excluding tert-OH is 1. The third-order valence-electron chi connectivity index (χ3n) is 5.40. The molecule has 1 aliphatic carbocycles. The zero-order chi connectivity index (χ0) is 18.4. The number of amides is 1. The zero-order valence-corrected chi connectivity index (χ0v) is 14.6. The summed E-state index contributed by atoms with van der Waals surface area (Å²) in [5.74, 6) is -0.520. The molecule has 2 heterocycles. The second kappa shape index (κ2) is 6.36. The quantitative estimate of drug-likeness (QED) is 0.892. The van der Waals surface area contributed by atoms with Crippen molar-refractivity contribution in [3.05, 3.63) is 63.1 Å². The van der Waals surface area contributed by atoms with Crippen LogP contribution in [0, 0.1) is 6.92 Å². The summed E-state index contributed by atoms with van der Waals surface area (Å²) in [5.41, 5.74) is 3.41. The summed E-state index contributed by atoms with van der Waals surface area (Å²) in [6.45, 7) is 1.43. The number of carbonyl (C=O) groups excluding carboxylic acids is 1. The second-order valence-corrected chi connectivity index (χ2v) is 7.11. The molecule has 0 radical (unpaired) electrons. The number of aromatic nitrogens is 1. The van der Waals surface area contributed by atoms with E-state index in [9.17, 15) is 19.1 Å². The van der Waals surface area contributed by atoms with Crippen LogP contribution in [-0.2, 0) is 12.8 Å². The van der Waals surface area contributed by atoms with E-state index in [-0.39, 0.29) is 18.7 Å². The highest BCUT2D eigenvalue weighted by Gasteiger charge is 2.36. The van der Waals surface area contributed by atoms with Gasteiger partial charge in [0, 0.05) is 12.7 Å². The van der Waals surface area contributed by atoms with Gasteiger partial charge in [-0.15, -0.1) is 0 Å². The molecule has 1 aromatic carbocycles. The Kier molecular flexibility index (Phi) is 4.15. The van der Waals surface area contributed by atoms with Crippen molar-refractivity contribution in [1.29, 1.82) is 0 Å². The number of hydrogen-bond acceptors (Lipinski definition) is 3. The molecule has 2 aromatic rings. The number of halogens is 1. The zero-order valence-electron chi connectivity index (χ0n) is 14.6. The van der Waals surface area contributed by atoms with Crippen molar-refractivity contribution in [3.8, 4) is 5.69 Å². The number of carbonyl (C=O) groups is 1. The Morgan fingerprint density at radius 2 is 2.04 bits per heavy atom. The SMILES string of the molecule is Cc1ccn(-c2cccc3c2CCC3)c(=O)c1C(=O)N1C[C@@H](O)[C@H](F)C1. The van der Waals surface area contributed by atoms with Gasteiger partial charge in [0.1, 0.15) is 17.8 Å². The number of nitrogens with zero attached hydrogens (tertiary/aromatic N) is 2. The molecule has 1 aromatic heterocycles. The van der Waals surface area contributed by atoms with Crippen LogP contribution in [-0.4, -0.2) is 45.8 Å². The maximum Gasteiger partial charge on any atom is 0.268 e. The van der Waals surface area contributed by atoms with Gasteiger partial charge in [0.05, 0.1) is 12.2 Å². The Morgan fingerprint density at radius 1 is 1.23 bits per heavy atom. The summed E-state index contributed by atoms with van der Waals surface area (Å²) in [5, 5.41) is 9.59. The molecule has 5 nitrogen and oxygen atoms in total. The first-order valence-electron chi connectivity index (χ1n) is 8.92. The van der Waals surface area contributed by atoms with E-state index < -0.39 is 23.7 Å². The first kappa shape index (κ1) is 17.0. The first-order chi connectivity index (χ1) is 12.5. The fourth-order valence-electron chi connectivity index (χ4n) is 3.97. The second-order valence-electron chi connectivity index (χ2n) is 7.11. The molecular weight excluding hydrogens is 335 g/mol. The molecule has 0 saturated carbocycles. The summed E-state index contributed by atoms with van der Waals surface area (Å²) < 4.78 is 15.1. The molecule has 2 atom stereocenters. The van der Waals surface area contributed by atoms with Crippen LogP contribution in [0.15, 0.2) is 35.3 Å². The maximum atomic E-state index is 13.6. The number of pyridine rings is 1. The number of β-amino-alcohol motifs (C(OH)–C–C–N with tert-alkyl or cyclic N) is 1. The van der Waals surface area contributed by atoms with Crippen LogP contribution in [0.1, 0.15) is 33.5 Å². The molecule has 6 heteroatoms. The van der Waals surface area contributed by atoms with Gasteiger partial charge in [0.2, 0.25) is 0 Å². The lowest BCUT2D eigenvalue weighted by Crippen LogP contribution is -2.36. The topological polar surface area (TPSA) is 62.5 Å². The summed E-state index contributed by atoms with van der Waals surface area (Å²) in [4.78, 5) is 27.2. The van der Waals surface area contributed by atoms with Crippen LogP contribution in [0.5, 0.6) is 0 Å². The predicted molar refractivity (Wildman–Crippen MR) is 95.6 cm³/mol. The lowest BCUT2D eigenvalue weighted by Gasteiger charge is -2.18. The van der Waals surface area contributed by atoms with E-state index in [1.165, 1.54) is 15.0 Å². The number of alkyl halides is 1. The lowest BCUT2D eigenvalue weighted by molar-refractivity contribution is 0.0761. The Hall–Kier alpha value is -2.47. The number of benzene rings is 1. The minimum absolute atomic E-state index is 0.0457. The molecule has 1 N–H and O–H groups in total. The molecule has 0 bridgehead atoms. The molecule has 1 fully saturated rings. The van der Waals surface area contributed by atoms with Crippen molar-refractivity contribution < 1.29 is 14.3 Å². The van der Waals surface area contributed by atoms with E-state index >= 15 is 0 Å². The number of likely N-dealkylation sites (tertiary alicyclic amines) is 1. The van der Waals surface area contributed by atoms with E-state index in [1.54, 1.807) is 19.2 Å². The van der Waals surface area contributed by atoms with Gasteiger partial charge >= 0.3 is 0 Å². The van der Waals surface area contributed by atoms with E-state index in [1.807, 2.05) is 12.1 Å². The van der Waals surface area contributed by atoms with Crippen molar-refractivity contribution in [2.24, 2.45) is 0 Å². The molecule has 2 aliphatic rings. The van der Waals surface area contributed by atoms with Gasteiger partial charge in [-0.25, -0.2) is 4.39 Å². The number of fused-ring (bicyclic) bond motifs is 1. The molecule has 1 amide bonds.